The second-order valence-corrected chi connectivity index (χ2v) is 10.0. The molecule has 0 amide bonds. The van der Waals surface area contributed by atoms with Gasteiger partial charge in [-0.3, -0.25) is 4.98 Å². The molecular formula is C26H36N2O2. The number of aliphatic hydroxyl groups is 1. The van der Waals surface area contributed by atoms with E-state index in [4.69, 9.17) is 9.72 Å². The van der Waals surface area contributed by atoms with Gasteiger partial charge in [0.25, 0.3) is 0 Å². The molecule has 3 aliphatic carbocycles. The SMILES string of the molecule is O[C@@H]1CC[C@H](NCC[C@@]2(c3ccccn3)CCOC3(CCCC3)C2)C2C=CC=CC21. The van der Waals surface area contributed by atoms with Crippen LogP contribution in [-0.2, 0) is 10.2 Å². The molecule has 5 atom stereocenters. The number of ether oxygens (including phenoxy) is 1. The number of allylic oxidation sites excluding steroid dienone is 2. The molecular weight excluding hydrogens is 372 g/mol. The van der Waals surface area contributed by atoms with Crippen molar-refractivity contribution in [2.75, 3.05) is 13.2 Å². The summed E-state index contributed by atoms with van der Waals surface area (Å²) in [7, 11) is 0. The smallest absolute Gasteiger partial charge is 0.0691 e. The lowest BCUT2D eigenvalue weighted by Gasteiger charge is -2.47. The average Bonchev–Trinajstić information content (AvgIpc) is 3.23. The molecule has 1 aromatic heterocycles. The van der Waals surface area contributed by atoms with E-state index in [0.717, 1.165) is 45.3 Å². The minimum atomic E-state index is -0.202. The third kappa shape index (κ3) is 3.90. The highest BCUT2D eigenvalue weighted by atomic mass is 16.5. The predicted molar refractivity (Wildman–Crippen MR) is 119 cm³/mol. The van der Waals surface area contributed by atoms with Gasteiger partial charge in [-0.05, 0) is 63.6 Å². The number of pyridine rings is 1. The summed E-state index contributed by atoms with van der Waals surface area (Å²) < 4.78 is 6.39. The largest absolute Gasteiger partial charge is 0.392 e. The topological polar surface area (TPSA) is 54.4 Å². The van der Waals surface area contributed by atoms with Crippen molar-refractivity contribution in [1.82, 2.24) is 10.3 Å². The molecule has 30 heavy (non-hydrogen) atoms. The van der Waals surface area contributed by atoms with Gasteiger partial charge in [0.15, 0.2) is 0 Å². The number of fused-ring (bicyclic) bond motifs is 1. The number of hydrogen-bond donors (Lipinski definition) is 2. The van der Waals surface area contributed by atoms with Crippen molar-refractivity contribution in [3.05, 3.63) is 54.4 Å². The summed E-state index contributed by atoms with van der Waals surface area (Å²) in [5.74, 6) is 0.663. The summed E-state index contributed by atoms with van der Waals surface area (Å²) in [6.45, 7) is 1.85. The summed E-state index contributed by atoms with van der Waals surface area (Å²) in [4.78, 5) is 4.83. The minimum absolute atomic E-state index is 0.0761. The maximum atomic E-state index is 10.4. The highest BCUT2D eigenvalue weighted by molar-refractivity contribution is 5.22. The standard InChI is InChI=1S/C26H36N2O2/c29-23-11-10-22(20-7-1-2-8-21(20)23)27-17-14-25(24-9-3-6-16-28-24)15-18-30-26(19-25)12-4-5-13-26/h1-3,6-9,16,20-23,27,29H,4-5,10-15,17-19H2/t20?,21?,22-,23+,25+/m0/s1. The number of hydrogen-bond acceptors (Lipinski definition) is 4. The second kappa shape index (κ2) is 8.57. The molecule has 4 aliphatic rings. The summed E-state index contributed by atoms with van der Waals surface area (Å²) in [5, 5.41) is 14.3. The van der Waals surface area contributed by atoms with Crippen molar-refractivity contribution < 1.29 is 9.84 Å². The molecule has 0 aromatic carbocycles. The molecule has 2 heterocycles. The van der Waals surface area contributed by atoms with Crippen LogP contribution in [-0.4, -0.2) is 41.0 Å². The fourth-order valence-electron chi connectivity index (χ4n) is 6.69. The van der Waals surface area contributed by atoms with Crippen molar-refractivity contribution in [3.8, 4) is 0 Å². The van der Waals surface area contributed by atoms with Gasteiger partial charge in [-0.1, -0.05) is 43.2 Å². The molecule has 4 heteroatoms. The van der Waals surface area contributed by atoms with Crippen LogP contribution in [0.15, 0.2) is 48.7 Å². The first-order chi connectivity index (χ1) is 14.7. The van der Waals surface area contributed by atoms with Crippen molar-refractivity contribution in [2.45, 2.75) is 80.9 Å². The fraction of sp³-hybridized carbons (Fsp3) is 0.654. The zero-order valence-electron chi connectivity index (χ0n) is 18.0. The molecule has 2 unspecified atom stereocenters. The molecule has 1 saturated heterocycles. The summed E-state index contributed by atoms with van der Waals surface area (Å²) in [6.07, 6.45) is 20.7. The molecule has 0 bridgehead atoms. The lowest BCUT2D eigenvalue weighted by atomic mass is 9.67. The van der Waals surface area contributed by atoms with Crippen molar-refractivity contribution in [1.29, 1.82) is 0 Å². The van der Waals surface area contributed by atoms with Gasteiger partial charge in [0.1, 0.15) is 0 Å². The zero-order valence-corrected chi connectivity index (χ0v) is 18.0. The summed E-state index contributed by atoms with van der Waals surface area (Å²) >= 11 is 0. The summed E-state index contributed by atoms with van der Waals surface area (Å²) in [5.41, 5.74) is 1.43. The third-order valence-corrected chi connectivity index (χ3v) is 8.29. The van der Waals surface area contributed by atoms with Crippen LogP contribution in [0.5, 0.6) is 0 Å². The lowest BCUT2D eigenvalue weighted by Crippen LogP contribution is -2.50. The van der Waals surface area contributed by atoms with Gasteiger partial charge in [0.05, 0.1) is 11.7 Å². The van der Waals surface area contributed by atoms with E-state index >= 15 is 0 Å². The van der Waals surface area contributed by atoms with Crippen LogP contribution >= 0.6 is 0 Å². The average molecular weight is 409 g/mol. The molecule has 4 nitrogen and oxygen atoms in total. The van der Waals surface area contributed by atoms with Crippen LogP contribution in [0.1, 0.15) is 63.5 Å². The van der Waals surface area contributed by atoms with Crippen LogP contribution in [0.4, 0.5) is 0 Å². The maximum absolute atomic E-state index is 10.4. The Hall–Kier alpha value is -1.49. The fourth-order valence-corrected chi connectivity index (χ4v) is 6.69. The first-order valence-corrected chi connectivity index (χ1v) is 12.0. The van der Waals surface area contributed by atoms with Crippen LogP contribution in [0.25, 0.3) is 0 Å². The highest BCUT2D eigenvalue weighted by Gasteiger charge is 2.48. The Morgan fingerprint density at radius 1 is 1.07 bits per heavy atom. The Morgan fingerprint density at radius 2 is 1.90 bits per heavy atom. The van der Waals surface area contributed by atoms with E-state index in [-0.39, 0.29) is 23.0 Å². The second-order valence-electron chi connectivity index (χ2n) is 10.0. The molecule has 1 spiro atoms. The first kappa shape index (κ1) is 20.4. The van der Waals surface area contributed by atoms with Gasteiger partial charge in [-0.2, -0.15) is 0 Å². The number of nitrogens with one attached hydrogen (secondary N) is 1. The van der Waals surface area contributed by atoms with E-state index in [1.54, 1.807) is 0 Å². The molecule has 3 fully saturated rings. The van der Waals surface area contributed by atoms with Crippen LogP contribution in [0.3, 0.4) is 0 Å². The first-order valence-electron chi connectivity index (χ1n) is 12.0. The highest BCUT2D eigenvalue weighted by Crippen LogP contribution is 2.49. The number of aromatic nitrogens is 1. The maximum Gasteiger partial charge on any atom is 0.0691 e. The van der Waals surface area contributed by atoms with Gasteiger partial charge in [0.2, 0.25) is 0 Å². The Kier molecular flexibility index (Phi) is 5.83. The van der Waals surface area contributed by atoms with Gasteiger partial charge in [0, 0.05) is 41.8 Å². The molecule has 5 rings (SSSR count). The molecule has 1 aliphatic heterocycles. The zero-order chi connectivity index (χ0) is 20.4. The number of rotatable bonds is 5. The van der Waals surface area contributed by atoms with Crippen LogP contribution in [0.2, 0.25) is 0 Å². The van der Waals surface area contributed by atoms with E-state index in [2.05, 4.69) is 41.8 Å². The molecule has 2 saturated carbocycles. The molecule has 162 valence electrons. The quantitative estimate of drug-likeness (QED) is 0.763. The van der Waals surface area contributed by atoms with Crippen molar-refractivity contribution in [3.63, 3.8) is 0 Å². The van der Waals surface area contributed by atoms with E-state index in [1.165, 1.54) is 31.4 Å². The summed E-state index contributed by atoms with van der Waals surface area (Å²) in [6, 6.07) is 6.84. The van der Waals surface area contributed by atoms with Gasteiger partial charge in [-0.25, -0.2) is 0 Å². The van der Waals surface area contributed by atoms with E-state index in [1.807, 2.05) is 12.3 Å². The van der Waals surface area contributed by atoms with E-state index in [0.29, 0.717) is 12.0 Å². The van der Waals surface area contributed by atoms with Gasteiger partial charge in [-0.15, -0.1) is 0 Å². The minimum Gasteiger partial charge on any atom is -0.392 e. The Morgan fingerprint density at radius 3 is 2.70 bits per heavy atom. The van der Waals surface area contributed by atoms with Crippen molar-refractivity contribution >= 4 is 0 Å². The van der Waals surface area contributed by atoms with Gasteiger partial charge < -0.3 is 15.2 Å². The molecule has 0 radical (unpaired) electrons. The Labute approximate surface area is 180 Å². The van der Waals surface area contributed by atoms with Crippen molar-refractivity contribution in [2.24, 2.45) is 11.8 Å². The molecule has 2 N–H and O–H groups in total. The number of nitrogens with zero attached hydrogens (tertiary/aromatic N) is 1. The van der Waals surface area contributed by atoms with Gasteiger partial charge >= 0.3 is 0 Å². The molecule has 1 aromatic rings. The van der Waals surface area contributed by atoms with Crippen LogP contribution in [0, 0.1) is 11.8 Å². The third-order valence-electron chi connectivity index (χ3n) is 8.29. The number of aliphatic hydroxyl groups excluding tert-OH is 1. The Balaban J connectivity index is 1.30. The normalized spacial score (nSPS) is 37.4. The monoisotopic (exact) mass is 408 g/mol. The van der Waals surface area contributed by atoms with E-state index < -0.39 is 0 Å². The lowest BCUT2D eigenvalue weighted by molar-refractivity contribution is -0.104. The predicted octanol–water partition coefficient (Wildman–Crippen LogP) is 4.30. The van der Waals surface area contributed by atoms with Crippen LogP contribution < -0.4 is 5.32 Å². The Bertz CT molecular complexity index is 770. The van der Waals surface area contributed by atoms with E-state index in [9.17, 15) is 5.11 Å².